The lowest BCUT2D eigenvalue weighted by molar-refractivity contribution is 0.652. The fraction of sp³-hybridized carbons (Fsp3) is 1.00. The van der Waals surface area contributed by atoms with Gasteiger partial charge in [-0.05, 0) is 37.3 Å². The third-order valence-electron chi connectivity index (χ3n) is 2.53. The Morgan fingerprint density at radius 1 is 1.22 bits per heavy atom. The quantitative estimate of drug-likeness (QED) is 0.569. The van der Waals surface area contributed by atoms with E-state index in [9.17, 15) is 0 Å². The van der Waals surface area contributed by atoms with Crippen LogP contribution in [0.2, 0.25) is 0 Å². The molecule has 1 aliphatic rings. The van der Waals surface area contributed by atoms with E-state index in [-0.39, 0.29) is 0 Å². The summed E-state index contributed by atoms with van der Waals surface area (Å²) in [6.07, 6.45) is 1.17. The van der Waals surface area contributed by atoms with E-state index < -0.39 is 0 Å². The molecule has 0 aromatic carbocycles. The van der Waals surface area contributed by atoms with Gasteiger partial charge in [-0.3, -0.25) is 0 Å². The lowest BCUT2D eigenvalue weighted by Gasteiger charge is -1.90. The molecule has 0 aromatic heterocycles. The van der Waals surface area contributed by atoms with Gasteiger partial charge < -0.3 is 11.5 Å². The van der Waals surface area contributed by atoms with Gasteiger partial charge in [0, 0.05) is 0 Å². The molecule has 0 aliphatic heterocycles. The molecular formula is C7H16N2. The number of nitrogens with two attached hydrogens (primary N) is 2. The van der Waals surface area contributed by atoms with Crippen molar-refractivity contribution >= 4 is 0 Å². The number of rotatable bonds is 3. The summed E-state index contributed by atoms with van der Waals surface area (Å²) in [6, 6.07) is 0. The smallest absolute Gasteiger partial charge is 0.00434 e. The highest BCUT2D eigenvalue weighted by Gasteiger charge is 2.43. The summed E-state index contributed by atoms with van der Waals surface area (Å²) < 4.78 is 0. The zero-order chi connectivity index (χ0) is 6.85. The summed E-state index contributed by atoms with van der Waals surface area (Å²) >= 11 is 0. The van der Waals surface area contributed by atoms with Crippen LogP contribution < -0.4 is 11.5 Å². The largest absolute Gasteiger partial charge is 0.330 e. The molecule has 2 heteroatoms. The third-order valence-corrected chi connectivity index (χ3v) is 2.53. The second-order valence-corrected chi connectivity index (χ2v) is 3.00. The molecule has 3 unspecified atom stereocenters. The van der Waals surface area contributed by atoms with Gasteiger partial charge in [-0.15, -0.1) is 0 Å². The minimum atomic E-state index is 0.786. The molecule has 54 valence electrons. The van der Waals surface area contributed by atoms with E-state index in [1.165, 1.54) is 6.42 Å². The first-order chi connectivity index (χ1) is 4.31. The standard InChI is InChI=1S/C7H16N2/c1-5-6(2-3-8)7(5)4-9/h5-7H,2-4,8-9H2,1H3. The van der Waals surface area contributed by atoms with E-state index in [4.69, 9.17) is 11.5 Å². The Labute approximate surface area is 56.6 Å². The first-order valence-electron chi connectivity index (χ1n) is 3.71. The first kappa shape index (κ1) is 7.03. The molecular weight excluding hydrogens is 112 g/mol. The lowest BCUT2D eigenvalue weighted by Crippen LogP contribution is -2.05. The minimum Gasteiger partial charge on any atom is -0.330 e. The molecule has 4 N–H and O–H groups in total. The summed E-state index contributed by atoms with van der Waals surface area (Å²) in [5.74, 6) is 2.48. The maximum atomic E-state index is 5.50. The van der Waals surface area contributed by atoms with Crippen molar-refractivity contribution in [2.24, 2.45) is 29.2 Å². The van der Waals surface area contributed by atoms with E-state index in [0.29, 0.717) is 0 Å². The molecule has 0 radical (unpaired) electrons. The average molecular weight is 128 g/mol. The predicted octanol–water partition coefficient (Wildman–Crippen LogP) is 0.176. The Morgan fingerprint density at radius 3 is 2.22 bits per heavy atom. The molecule has 1 aliphatic carbocycles. The molecule has 1 saturated carbocycles. The van der Waals surface area contributed by atoms with Crippen molar-refractivity contribution < 1.29 is 0 Å². The minimum absolute atomic E-state index is 0.786. The van der Waals surface area contributed by atoms with Crippen LogP contribution in [0, 0.1) is 17.8 Å². The maximum Gasteiger partial charge on any atom is -0.00434 e. The summed E-state index contributed by atoms with van der Waals surface area (Å²) in [7, 11) is 0. The lowest BCUT2D eigenvalue weighted by atomic mass is 10.2. The van der Waals surface area contributed by atoms with Crippen LogP contribution in [-0.4, -0.2) is 13.1 Å². The van der Waals surface area contributed by atoms with Gasteiger partial charge in [0.2, 0.25) is 0 Å². The second-order valence-electron chi connectivity index (χ2n) is 3.00. The fourth-order valence-electron chi connectivity index (χ4n) is 1.70. The van der Waals surface area contributed by atoms with Gasteiger partial charge in [0.1, 0.15) is 0 Å². The number of hydrogen-bond donors (Lipinski definition) is 2. The van der Waals surface area contributed by atoms with E-state index in [1.807, 2.05) is 0 Å². The van der Waals surface area contributed by atoms with Crippen molar-refractivity contribution in [1.29, 1.82) is 0 Å². The zero-order valence-electron chi connectivity index (χ0n) is 6.01. The van der Waals surface area contributed by atoms with Gasteiger partial charge >= 0.3 is 0 Å². The van der Waals surface area contributed by atoms with Crippen LogP contribution in [-0.2, 0) is 0 Å². The van der Waals surface area contributed by atoms with Crippen LogP contribution in [0.1, 0.15) is 13.3 Å². The normalized spacial score (nSPS) is 41.0. The van der Waals surface area contributed by atoms with E-state index >= 15 is 0 Å². The zero-order valence-corrected chi connectivity index (χ0v) is 6.01. The van der Waals surface area contributed by atoms with Crippen molar-refractivity contribution in [3.63, 3.8) is 0 Å². The maximum absolute atomic E-state index is 5.50. The van der Waals surface area contributed by atoms with Gasteiger partial charge in [0.05, 0.1) is 0 Å². The van der Waals surface area contributed by atoms with Crippen molar-refractivity contribution in [2.45, 2.75) is 13.3 Å². The monoisotopic (exact) mass is 128 g/mol. The Morgan fingerprint density at radius 2 is 1.89 bits per heavy atom. The van der Waals surface area contributed by atoms with Crippen LogP contribution in [0.25, 0.3) is 0 Å². The van der Waals surface area contributed by atoms with Crippen LogP contribution >= 0.6 is 0 Å². The van der Waals surface area contributed by atoms with Crippen molar-refractivity contribution in [3.8, 4) is 0 Å². The Kier molecular flexibility index (Phi) is 2.09. The van der Waals surface area contributed by atoms with Gasteiger partial charge in [0.25, 0.3) is 0 Å². The van der Waals surface area contributed by atoms with Crippen molar-refractivity contribution in [1.82, 2.24) is 0 Å². The summed E-state index contributed by atoms with van der Waals surface area (Å²) in [5, 5.41) is 0. The number of hydrogen-bond acceptors (Lipinski definition) is 2. The fourth-order valence-corrected chi connectivity index (χ4v) is 1.70. The summed E-state index contributed by atoms with van der Waals surface area (Å²) in [6.45, 7) is 3.94. The molecule has 0 heterocycles. The Balaban J connectivity index is 2.17. The predicted molar refractivity (Wildman–Crippen MR) is 38.9 cm³/mol. The first-order valence-corrected chi connectivity index (χ1v) is 3.71. The topological polar surface area (TPSA) is 52.0 Å². The van der Waals surface area contributed by atoms with Crippen LogP contribution in [0.15, 0.2) is 0 Å². The SMILES string of the molecule is CC1C(CN)C1CCN. The highest BCUT2D eigenvalue weighted by molar-refractivity contribution is 4.94. The Bertz CT molecular complexity index is 92.9. The summed E-state index contributed by atoms with van der Waals surface area (Å²) in [5.41, 5.74) is 10.9. The second kappa shape index (κ2) is 2.67. The molecule has 0 amide bonds. The molecule has 9 heavy (non-hydrogen) atoms. The van der Waals surface area contributed by atoms with E-state index in [2.05, 4.69) is 6.92 Å². The van der Waals surface area contributed by atoms with Gasteiger partial charge in [0.15, 0.2) is 0 Å². The highest BCUT2D eigenvalue weighted by Crippen LogP contribution is 2.46. The van der Waals surface area contributed by atoms with Gasteiger partial charge in [-0.25, -0.2) is 0 Å². The highest BCUT2D eigenvalue weighted by atomic mass is 14.7. The van der Waals surface area contributed by atoms with Crippen LogP contribution in [0.4, 0.5) is 0 Å². The molecule has 3 atom stereocenters. The molecule has 1 fully saturated rings. The van der Waals surface area contributed by atoms with Crippen LogP contribution in [0.5, 0.6) is 0 Å². The summed E-state index contributed by atoms with van der Waals surface area (Å²) in [4.78, 5) is 0. The van der Waals surface area contributed by atoms with Crippen LogP contribution in [0.3, 0.4) is 0 Å². The van der Waals surface area contributed by atoms with E-state index in [1.54, 1.807) is 0 Å². The molecule has 2 nitrogen and oxygen atoms in total. The molecule has 0 aromatic rings. The van der Waals surface area contributed by atoms with Gasteiger partial charge in [-0.1, -0.05) is 6.92 Å². The van der Waals surface area contributed by atoms with Crippen molar-refractivity contribution in [2.75, 3.05) is 13.1 Å². The Hall–Kier alpha value is -0.0800. The molecule has 0 spiro atoms. The van der Waals surface area contributed by atoms with Gasteiger partial charge in [-0.2, -0.15) is 0 Å². The van der Waals surface area contributed by atoms with E-state index in [0.717, 1.165) is 30.8 Å². The average Bonchev–Trinajstić information content (AvgIpc) is 2.44. The molecule has 1 rings (SSSR count). The third kappa shape index (κ3) is 1.25. The molecule has 0 saturated heterocycles. The van der Waals surface area contributed by atoms with Crippen molar-refractivity contribution in [3.05, 3.63) is 0 Å². The molecule has 0 bridgehead atoms.